The Morgan fingerprint density at radius 3 is 2.63 bits per heavy atom. The van der Waals surface area contributed by atoms with Crippen molar-refractivity contribution in [3.05, 3.63) is 58.1 Å². The van der Waals surface area contributed by atoms with Crippen molar-refractivity contribution in [2.75, 3.05) is 13.7 Å². The Balaban J connectivity index is 1.85. The molecule has 7 heteroatoms. The molecule has 0 unspecified atom stereocenters. The first-order valence-corrected chi connectivity index (χ1v) is 8.82. The Labute approximate surface area is 167 Å². The zero-order chi connectivity index (χ0) is 19.6. The van der Waals surface area contributed by atoms with E-state index >= 15 is 0 Å². The van der Waals surface area contributed by atoms with E-state index in [0.29, 0.717) is 40.3 Å². The average Bonchev–Trinajstić information content (AvgIpc) is 2.65. The highest BCUT2D eigenvalue weighted by Gasteiger charge is 2.11. The lowest BCUT2D eigenvalue weighted by molar-refractivity contribution is -0.134. The second-order valence-corrected chi connectivity index (χ2v) is 6.22. The molecule has 0 aliphatic rings. The number of carbonyl (C=O) groups is 1. The number of esters is 1. The largest absolute Gasteiger partial charge is 0.493 e. The van der Waals surface area contributed by atoms with Gasteiger partial charge in [-0.2, -0.15) is 5.26 Å². The van der Waals surface area contributed by atoms with Gasteiger partial charge in [-0.15, -0.1) is 0 Å². The number of allylic oxidation sites excluding steroid dienone is 1. The van der Waals surface area contributed by atoms with Crippen LogP contribution in [0, 0.1) is 11.3 Å². The minimum atomic E-state index is -0.403. The standard InChI is InChI=1S/C20H17Cl2NO4/c1-25-19-12-14(4-2-10-23)6-8-18(19)27-20(24)5-3-11-26-17-9-7-15(21)13-16(17)22/h2,4,6-9,12-13H,3,5,11H2,1H3/b4-2-. The Hall–Kier alpha value is -2.68. The van der Waals surface area contributed by atoms with Gasteiger partial charge in [0.25, 0.3) is 0 Å². The zero-order valence-corrected chi connectivity index (χ0v) is 16.1. The first kappa shape index (κ1) is 20.6. The van der Waals surface area contributed by atoms with Gasteiger partial charge in [0.2, 0.25) is 0 Å². The molecule has 140 valence electrons. The number of methoxy groups -OCH3 is 1. The van der Waals surface area contributed by atoms with Crippen LogP contribution in [0.2, 0.25) is 10.0 Å². The maximum atomic E-state index is 12.0. The summed E-state index contributed by atoms with van der Waals surface area (Å²) in [5, 5.41) is 9.51. The molecule has 0 atom stereocenters. The summed E-state index contributed by atoms with van der Waals surface area (Å²) in [6, 6.07) is 11.9. The van der Waals surface area contributed by atoms with E-state index in [0.717, 1.165) is 5.56 Å². The predicted octanol–water partition coefficient (Wildman–Crippen LogP) is 5.30. The SMILES string of the molecule is COc1cc(/C=C\C#N)ccc1OC(=O)CCCOc1ccc(Cl)cc1Cl. The highest BCUT2D eigenvalue weighted by molar-refractivity contribution is 6.35. The summed E-state index contributed by atoms with van der Waals surface area (Å²) in [6.45, 7) is 0.311. The molecule has 2 aromatic rings. The molecule has 0 heterocycles. The van der Waals surface area contributed by atoms with Crippen LogP contribution in [0.1, 0.15) is 18.4 Å². The number of hydrogen-bond donors (Lipinski definition) is 0. The van der Waals surface area contributed by atoms with Crippen molar-refractivity contribution < 1.29 is 19.0 Å². The Morgan fingerprint density at radius 1 is 1.15 bits per heavy atom. The van der Waals surface area contributed by atoms with Crippen LogP contribution in [-0.4, -0.2) is 19.7 Å². The van der Waals surface area contributed by atoms with Crippen molar-refractivity contribution in [3.63, 3.8) is 0 Å². The summed E-state index contributed by atoms with van der Waals surface area (Å²) in [5.41, 5.74) is 0.765. The van der Waals surface area contributed by atoms with Crippen molar-refractivity contribution in [2.24, 2.45) is 0 Å². The van der Waals surface area contributed by atoms with Gasteiger partial charge in [0.05, 0.1) is 24.8 Å². The highest BCUT2D eigenvalue weighted by Crippen LogP contribution is 2.29. The Bertz CT molecular complexity index is 875. The van der Waals surface area contributed by atoms with Gasteiger partial charge >= 0.3 is 5.97 Å². The summed E-state index contributed by atoms with van der Waals surface area (Å²) in [6.07, 6.45) is 3.62. The molecule has 2 aromatic carbocycles. The second-order valence-electron chi connectivity index (χ2n) is 5.37. The lowest BCUT2D eigenvalue weighted by Gasteiger charge is -2.10. The van der Waals surface area contributed by atoms with Crippen molar-refractivity contribution in [1.82, 2.24) is 0 Å². The van der Waals surface area contributed by atoms with Crippen LogP contribution in [0.3, 0.4) is 0 Å². The number of nitrogens with zero attached hydrogens (tertiary/aromatic N) is 1. The number of carbonyl (C=O) groups excluding carboxylic acids is 1. The molecule has 0 fully saturated rings. The molecular weight excluding hydrogens is 389 g/mol. The Kier molecular flexibility index (Phi) is 8.00. The number of ether oxygens (including phenoxy) is 3. The third-order valence-corrected chi connectivity index (χ3v) is 3.97. The summed E-state index contributed by atoms with van der Waals surface area (Å²) < 4.78 is 16.1. The molecule has 27 heavy (non-hydrogen) atoms. The minimum absolute atomic E-state index is 0.171. The molecule has 0 amide bonds. The maximum Gasteiger partial charge on any atom is 0.311 e. The van der Waals surface area contributed by atoms with Crippen LogP contribution in [0.25, 0.3) is 6.08 Å². The van der Waals surface area contributed by atoms with Gasteiger partial charge in [0.15, 0.2) is 11.5 Å². The van der Waals surface area contributed by atoms with Crippen LogP contribution in [-0.2, 0) is 4.79 Å². The second kappa shape index (κ2) is 10.5. The molecule has 0 saturated heterocycles. The predicted molar refractivity (Wildman–Crippen MR) is 104 cm³/mol. The molecule has 0 N–H and O–H groups in total. The third kappa shape index (κ3) is 6.52. The lowest BCUT2D eigenvalue weighted by atomic mass is 10.2. The lowest BCUT2D eigenvalue weighted by Crippen LogP contribution is -2.10. The van der Waals surface area contributed by atoms with Gasteiger partial charge < -0.3 is 14.2 Å². The van der Waals surface area contributed by atoms with Crippen LogP contribution < -0.4 is 14.2 Å². The van der Waals surface area contributed by atoms with E-state index in [-0.39, 0.29) is 6.42 Å². The van der Waals surface area contributed by atoms with E-state index in [9.17, 15) is 4.79 Å². The fourth-order valence-electron chi connectivity index (χ4n) is 2.17. The number of benzene rings is 2. The van der Waals surface area contributed by atoms with E-state index in [4.69, 9.17) is 42.7 Å². The van der Waals surface area contributed by atoms with Crippen molar-refractivity contribution in [3.8, 4) is 23.3 Å². The summed E-state index contributed by atoms with van der Waals surface area (Å²) in [4.78, 5) is 12.0. The van der Waals surface area contributed by atoms with Crippen molar-refractivity contribution >= 4 is 35.2 Å². The average molecular weight is 406 g/mol. The van der Waals surface area contributed by atoms with Crippen LogP contribution in [0.5, 0.6) is 17.2 Å². The topological polar surface area (TPSA) is 68.5 Å². The first-order valence-electron chi connectivity index (χ1n) is 8.06. The van der Waals surface area contributed by atoms with Gasteiger partial charge in [0.1, 0.15) is 5.75 Å². The van der Waals surface area contributed by atoms with Crippen molar-refractivity contribution in [1.29, 1.82) is 5.26 Å². The molecular formula is C20H17Cl2NO4. The van der Waals surface area contributed by atoms with E-state index in [1.54, 1.807) is 42.5 Å². The molecule has 0 aromatic heterocycles. The molecule has 0 spiro atoms. The van der Waals surface area contributed by atoms with Gasteiger partial charge in [-0.3, -0.25) is 4.79 Å². The van der Waals surface area contributed by atoms with Gasteiger partial charge in [-0.1, -0.05) is 29.3 Å². The van der Waals surface area contributed by atoms with E-state index < -0.39 is 5.97 Å². The van der Waals surface area contributed by atoms with Crippen LogP contribution in [0.15, 0.2) is 42.5 Å². The van der Waals surface area contributed by atoms with Gasteiger partial charge in [0, 0.05) is 17.5 Å². The Morgan fingerprint density at radius 2 is 1.93 bits per heavy atom. The van der Waals surface area contributed by atoms with Gasteiger partial charge in [-0.05, 0) is 48.4 Å². The summed E-state index contributed by atoms with van der Waals surface area (Å²) >= 11 is 11.8. The molecule has 2 rings (SSSR count). The fourth-order valence-corrected chi connectivity index (χ4v) is 2.63. The maximum absolute atomic E-state index is 12.0. The van der Waals surface area contributed by atoms with Crippen LogP contribution >= 0.6 is 23.2 Å². The van der Waals surface area contributed by atoms with E-state index in [2.05, 4.69) is 0 Å². The number of halogens is 2. The van der Waals surface area contributed by atoms with E-state index in [1.165, 1.54) is 13.2 Å². The molecule has 0 radical (unpaired) electrons. The third-order valence-electron chi connectivity index (χ3n) is 3.44. The fraction of sp³-hybridized carbons (Fsp3) is 0.200. The molecule has 0 saturated carbocycles. The molecule has 5 nitrogen and oxygen atoms in total. The number of rotatable bonds is 8. The number of nitriles is 1. The van der Waals surface area contributed by atoms with Crippen LogP contribution in [0.4, 0.5) is 0 Å². The van der Waals surface area contributed by atoms with E-state index in [1.807, 2.05) is 6.07 Å². The quantitative estimate of drug-likeness (QED) is 0.257. The molecule has 0 aliphatic heterocycles. The molecule has 0 bridgehead atoms. The highest BCUT2D eigenvalue weighted by atomic mass is 35.5. The monoisotopic (exact) mass is 405 g/mol. The number of hydrogen-bond acceptors (Lipinski definition) is 5. The normalized spacial score (nSPS) is 10.4. The summed E-state index contributed by atoms with van der Waals surface area (Å²) in [5.74, 6) is 0.836. The summed E-state index contributed by atoms with van der Waals surface area (Å²) in [7, 11) is 1.48. The smallest absolute Gasteiger partial charge is 0.311 e. The zero-order valence-electron chi connectivity index (χ0n) is 14.6. The minimum Gasteiger partial charge on any atom is -0.493 e. The van der Waals surface area contributed by atoms with Crippen molar-refractivity contribution in [2.45, 2.75) is 12.8 Å². The van der Waals surface area contributed by atoms with Gasteiger partial charge in [-0.25, -0.2) is 0 Å². The molecule has 0 aliphatic carbocycles. The first-order chi connectivity index (χ1) is 13.0.